The normalized spacial score (nSPS) is 11.8. The Labute approximate surface area is 210 Å². The molecule has 0 saturated carbocycles. The number of hydrogen-bond donors (Lipinski definition) is 3. The van der Waals surface area contributed by atoms with Gasteiger partial charge in [-0.3, -0.25) is 9.59 Å². The second-order valence-corrected chi connectivity index (χ2v) is 8.95. The van der Waals surface area contributed by atoms with Crippen LogP contribution in [0.4, 0.5) is 11.4 Å². The lowest BCUT2D eigenvalue weighted by molar-refractivity contribution is -0.113. The van der Waals surface area contributed by atoms with Crippen LogP contribution in [0.2, 0.25) is 0 Å². The van der Waals surface area contributed by atoms with Crippen LogP contribution in [0.5, 0.6) is 11.5 Å². The minimum atomic E-state index is -1.10. The fourth-order valence-electron chi connectivity index (χ4n) is 3.89. The predicted octanol–water partition coefficient (Wildman–Crippen LogP) is 5.25. The molecule has 0 radical (unpaired) electrons. The number of carboxylic acid groups (broad SMARTS) is 1. The van der Waals surface area contributed by atoms with Crippen molar-refractivity contribution in [1.82, 2.24) is 0 Å². The molecular formula is C27H20N2O6S. The van der Waals surface area contributed by atoms with Crippen LogP contribution < -0.4 is 20.1 Å². The molecule has 0 saturated heterocycles. The largest absolute Gasteiger partial charge is 0.478 e. The van der Waals surface area contributed by atoms with Gasteiger partial charge in [-0.15, -0.1) is 11.8 Å². The second-order valence-electron chi connectivity index (χ2n) is 7.90. The van der Waals surface area contributed by atoms with Gasteiger partial charge >= 0.3 is 5.97 Å². The number of carbonyl (C=O) groups is 3. The van der Waals surface area contributed by atoms with E-state index in [2.05, 4.69) is 10.6 Å². The lowest BCUT2D eigenvalue weighted by Gasteiger charge is -2.11. The Kier molecular flexibility index (Phi) is 6.46. The van der Waals surface area contributed by atoms with Crippen LogP contribution in [0, 0.1) is 0 Å². The van der Waals surface area contributed by atoms with Gasteiger partial charge in [-0.25, -0.2) is 4.79 Å². The third kappa shape index (κ3) is 4.96. The van der Waals surface area contributed by atoms with Crippen molar-refractivity contribution in [1.29, 1.82) is 0 Å². The molecule has 8 nitrogen and oxygen atoms in total. The van der Waals surface area contributed by atoms with Crippen LogP contribution in [0.3, 0.4) is 0 Å². The lowest BCUT2D eigenvalue weighted by atomic mass is 9.98. The van der Waals surface area contributed by atoms with E-state index in [-0.39, 0.29) is 29.6 Å². The van der Waals surface area contributed by atoms with Crippen LogP contribution in [0.1, 0.15) is 20.7 Å². The maximum atomic E-state index is 13.1. The van der Waals surface area contributed by atoms with Crippen molar-refractivity contribution >= 4 is 51.7 Å². The van der Waals surface area contributed by atoms with Crippen molar-refractivity contribution in [2.24, 2.45) is 0 Å². The summed E-state index contributed by atoms with van der Waals surface area (Å²) < 4.78 is 10.6. The van der Waals surface area contributed by atoms with Gasteiger partial charge in [-0.2, -0.15) is 0 Å². The first-order valence-corrected chi connectivity index (χ1v) is 12.0. The van der Waals surface area contributed by atoms with Crippen LogP contribution in [-0.4, -0.2) is 35.4 Å². The molecule has 0 atom stereocenters. The summed E-state index contributed by atoms with van der Waals surface area (Å²) in [4.78, 5) is 38.0. The van der Waals surface area contributed by atoms with Gasteiger partial charge < -0.3 is 25.2 Å². The molecule has 180 valence electrons. The Morgan fingerprint density at radius 3 is 2.33 bits per heavy atom. The van der Waals surface area contributed by atoms with E-state index < -0.39 is 11.9 Å². The molecular weight excluding hydrogens is 480 g/mol. The Balaban J connectivity index is 1.25. The molecule has 0 fully saturated rings. The van der Waals surface area contributed by atoms with Crippen LogP contribution >= 0.6 is 11.8 Å². The van der Waals surface area contributed by atoms with Crippen LogP contribution in [0.25, 0.3) is 10.8 Å². The number of nitrogens with one attached hydrogen (secondary N) is 2. The van der Waals surface area contributed by atoms with E-state index in [1.807, 2.05) is 6.07 Å². The number of fused-ring (bicyclic) bond motifs is 2. The molecule has 1 aliphatic rings. The summed E-state index contributed by atoms with van der Waals surface area (Å²) in [7, 11) is 0. The molecule has 0 aliphatic carbocycles. The number of carbonyl (C=O) groups excluding carboxylic acids is 2. The molecule has 0 unspecified atom stereocenters. The van der Waals surface area contributed by atoms with Crippen molar-refractivity contribution in [3.05, 3.63) is 90.0 Å². The Bertz CT molecular complexity index is 1500. The van der Waals surface area contributed by atoms with E-state index in [1.54, 1.807) is 66.7 Å². The first-order valence-electron chi connectivity index (χ1n) is 11.0. The SMILES string of the molecule is O=C(CSc1cccc(NC(=O)c2cccc3cccc(C(=O)O)c23)c1)Nc1ccc2c(c1)OCO2. The Morgan fingerprint density at radius 1 is 0.806 bits per heavy atom. The average molecular weight is 501 g/mol. The van der Waals surface area contributed by atoms with Gasteiger partial charge in [0.2, 0.25) is 12.7 Å². The van der Waals surface area contributed by atoms with Crippen LogP contribution in [0.15, 0.2) is 83.8 Å². The highest BCUT2D eigenvalue weighted by Gasteiger charge is 2.17. The minimum Gasteiger partial charge on any atom is -0.478 e. The summed E-state index contributed by atoms with van der Waals surface area (Å²) in [6.07, 6.45) is 0. The number of ether oxygens (including phenoxy) is 2. The highest BCUT2D eigenvalue weighted by Crippen LogP contribution is 2.34. The first-order chi connectivity index (χ1) is 17.5. The van der Waals surface area contributed by atoms with Gasteiger partial charge in [-0.05, 0) is 47.9 Å². The number of anilines is 2. The molecule has 0 spiro atoms. The standard InChI is InChI=1S/C27H20N2O6S/c30-24(28-18-10-11-22-23(13-18)35-15-34-22)14-36-19-7-3-6-17(12-19)29-26(31)20-8-1-4-16-5-2-9-21(25(16)20)27(32)33/h1-13H,14-15H2,(H,28,30)(H,29,31)(H,32,33). The third-order valence-corrected chi connectivity index (χ3v) is 6.49. The number of carboxylic acids is 1. The van der Waals surface area contributed by atoms with Gasteiger partial charge in [0.05, 0.1) is 11.3 Å². The Morgan fingerprint density at radius 2 is 1.53 bits per heavy atom. The fourth-order valence-corrected chi connectivity index (χ4v) is 4.65. The summed E-state index contributed by atoms with van der Waals surface area (Å²) in [6, 6.07) is 22.3. The fraction of sp³-hybridized carbons (Fsp3) is 0.0741. The zero-order chi connectivity index (χ0) is 25.1. The smallest absolute Gasteiger partial charge is 0.336 e. The van der Waals surface area contributed by atoms with E-state index in [0.29, 0.717) is 33.6 Å². The topological polar surface area (TPSA) is 114 Å². The number of amides is 2. The molecule has 2 amide bonds. The van der Waals surface area contributed by atoms with Gasteiger partial charge in [-0.1, -0.05) is 30.3 Å². The summed E-state index contributed by atoms with van der Waals surface area (Å²) in [5.74, 6) is -0.313. The average Bonchev–Trinajstić information content (AvgIpc) is 3.35. The van der Waals surface area contributed by atoms with E-state index in [0.717, 1.165) is 4.90 Å². The molecule has 0 aromatic heterocycles. The Hall–Kier alpha value is -4.50. The zero-order valence-corrected chi connectivity index (χ0v) is 19.6. The maximum absolute atomic E-state index is 13.1. The van der Waals surface area contributed by atoms with Gasteiger partial charge in [0.25, 0.3) is 5.91 Å². The molecule has 9 heteroatoms. The van der Waals surface area contributed by atoms with Gasteiger partial charge in [0.1, 0.15) is 0 Å². The van der Waals surface area contributed by atoms with Crippen molar-refractivity contribution in [2.45, 2.75) is 4.90 Å². The first kappa shape index (κ1) is 23.3. The van der Waals surface area contributed by atoms with E-state index >= 15 is 0 Å². The number of aromatic carboxylic acids is 1. The van der Waals surface area contributed by atoms with Gasteiger partial charge in [0.15, 0.2) is 11.5 Å². The molecule has 36 heavy (non-hydrogen) atoms. The van der Waals surface area contributed by atoms with E-state index in [9.17, 15) is 19.5 Å². The number of benzene rings is 4. The van der Waals surface area contributed by atoms with Crippen molar-refractivity contribution in [3.63, 3.8) is 0 Å². The highest BCUT2D eigenvalue weighted by molar-refractivity contribution is 8.00. The highest BCUT2D eigenvalue weighted by atomic mass is 32.2. The number of hydrogen-bond acceptors (Lipinski definition) is 6. The van der Waals surface area contributed by atoms with Crippen molar-refractivity contribution in [2.75, 3.05) is 23.2 Å². The second kappa shape index (κ2) is 10.0. The van der Waals surface area contributed by atoms with Crippen molar-refractivity contribution in [3.8, 4) is 11.5 Å². The quantitative estimate of drug-likeness (QED) is 0.297. The predicted molar refractivity (Wildman–Crippen MR) is 137 cm³/mol. The van der Waals surface area contributed by atoms with Gasteiger partial charge in [0, 0.05) is 33.3 Å². The van der Waals surface area contributed by atoms with E-state index in [4.69, 9.17) is 9.47 Å². The van der Waals surface area contributed by atoms with Crippen LogP contribution in [-0.2, 0) is 4.79 Å². The number of rotatable bonds is 7. The molecule has 4 aromatic rings. The number of thioether (sulfide) groups is 1. The van der Waals surface area contributed by atoms with E-state index in [1.165, 1.54) is 17.8 Å². The summed E-state index contributed by atoms with van der Waals surface area (Å²) in [5.41, 5.74) is 1.48. The minimum absolute atomic E-state index is 0.0658. The molecule has 1 heterocycles. The monoisotopic (exact) mass is 500 g/mol. The lowest BCUT2D eigenvalue weighted by Crippen LogP contribution is -2.14. The molecule has 0 bridgehead atoms. The zero-order valence-electron chi connectivity index (χ0n) is 18.8. The molecule has 3 N–H and O–H groups in total. The molecule has 4 aromatic carbocycles. The summed E-state index contributed by atoms with van der Waals surface area (Å²) >= 11 is 1.32. The van der Waals surface area contributed by atoms with Crippen molar-refractivity contribution < 1.29 is 29.0 Å². The summed E-state index contributed by atoms with van der Waals surface area (Å²) in [5, 5.41) is 16.3. The maximum Gasteiger partial charge on any atom is 0.336 e. The molecule has 1 aliphatic heterocycles. The molecule has 5 rings (SSSR count). The third-order valence-electron chi connectivity index (χ3n) is 5.50. The summed E-state index contributed by atoms with van der Waals surface area (Å²) in [6.45, 7) is 0.163.